The Morgan fingerprint density at radius 2 is 2.07 bits per heavy atom. The Morgan fingerprint density at radius 1 is 1.29 bits per heavy atom. The van der Waals surface area contributed by atoms with Crippen molar-refractivity contribution in [3.63, 3.8) is 0 Å². The summed E-state index contributed by atoms with van der Waals surface area (Å²) in [6.07, 6.45) is 5.63. The third-order valence-corrected chi connectivity index (χ3v) is 3.21. The van der Waals surface area contributed by atoms with Crippen molar-refractivity contribution in [1.82, 2.24) is 5.32 Å². The first kappa shape index (κ1) is 11.7. The molecule has 0 bridgehead atoms. The van der Waals surface area contributed by atoms with Gasteiger partial charge in [0.15, 0.2) is 0 Å². The van der Waals surface area contributed by atoms with E-state index in [4.69, 9.17) is 0 Å². The van der Waals surface area contributed by atoms with Gasteiger partial charge in [0.2, 0.25) is 0 Å². The van der Waals surface area contributed by atoms with Gasteiger partial charge in [-0.3, -0.25) is 4.79 Å². The normalized spacial score (nSPS) is 26.7. The number of nitrogens with one attached hydrogen (secondary N) is 1. The lowest BCUT2D eigenvalue weighted by molar-refractivity contribution is -0.123. The first-order valence-electron chi connectivity index (χ1n) is 5.99. The highest BCUT2D eigenvalue weighted by molar-refractivity contribution is 5.81. The molecule has 2 heteroatoms. The Labute approximate surface area is 87.5 Å². The predicted octanol–water partition coefficient (Wildman–Crippen LogP) is 2.38. The second-order valence-corrected chi connectivity index (χ2v) is 4.52. The summed E-state index contributed by atoms with van der Waals surface area (Å²) in [4.78, 5) is 11.8. The van der Waals surface area contributed by atoms with E-state index in [1.807, 2.05) is 0 Å². The van der Waals surface area contributed by atoms with E-state index in [2.05, 4.69) is 19.2 Å². The molecule has 2 unspecified atom stereocenters. The van der Waals surface area contributed by atoms with Crippen molar-refractivity contribution in [2.45, 2.75) is 46.0 Å². The van der Waals surface area contributed by atoms with Crippen molar-refractivity contribution < 1.29 is 4.79 Å². The van der Waals surface area contributed by atoms with E-state index in [0.29, 0.717) is 17.6 Å². The third kappa shape index (κ3) is 3.41. The zero-order chi connectivity index (χ0) is 10.4. The number of rotatable bonds is 6. The lowest BCUT2D eigenvalue weighted by Gasteiger charge is -2.12. The molecule has 1 aliphatic rings. The Kier molecular flexibility index (Phi) is 5.16. The van der Waals surface area contributed by atoms with Gasteiger partial charge in [-0.25, -0.2) is 0 Å². The minimum absolute atomic E-state index is 0.302. The predicted molar refractivity (Wildman–Crippen MR) is 59.3 cm³/mol. The van der Waals surface area contributed by atoms with Crippen LogP contribution in [0.3, 0.4) is 0 Å². The van der Waals surface area contributed by atoms with E-state index >= 15 is 0 Å². The topological polar surface area (TPSA) is 29.1 Å². The molecule has 1 N–H and O–H groups in total. The molecule has 1 fully saturated rings. The van der Waals surface area contributed by atoms with Crippen LogP contribution < -0.4 is 5.32 Å². The molecule has 1 heterocycles. The van der Waals surface area contributed by atoms with E-state index in [1.165, 1.54) is 19.3 Å². The van der Waals surface area contributed by atoms with Crippen LogP contribution in [0.2, 0.25) is 0 Å². The smallest absolute Gasteiger partial charge is 0.137 e. The van der Waals surface area contributed by atoms with Crippen LogP contribution in [-0.4, -0.2) is 18.9 Å². The van der Waals surface area contributed by atoms with Gasteiger partial charge in [0, 0.05) is 18.9 Å². The SMILES string of the molecule is CCCCCCC(=O)C1CNCC1C. The third-order valence-electron chi connectivity index (χ3n) is 3.21. The molecule has 0 amide bonds. The quantitative estimate of drug-likeness (QED) is 0.662. The van der Waals surface area contributed by atoms with E-state index < -0.39 is 0 Å². The summed E-state index contributed by atoms with van der Waals surface area (Å²) in [7, 11) is 0. The van der Waals surface area contributed by atoms with Gasteiger partial charge in [-0.05, 0) is 18.9 Å². The zero-order valence-electron chi connectivity index (χ0n) is 9.51. The molecular formula is C12H23NO. The molecule has 0 radical (unpaired) electrons. The molecule has 0 spiro atoms. The number of unbranched alkanes of at least 4 members (excludes halogenated alkanes) is 3. The van der Waals surface area contributed by atoms with Gasteiger partial charge in [0.05, 0.1) is 0 Å². The standard InChI is InChI=1S/C12H23NO/c1-3-4-5-6-7-12(14)11-9-13-8-10(11)2/h10-11,13H,3-9H2,1-2H3. The number of ketones is 1. The number of hydrogen-bond donors (Lipinski definition) is 1. The second-order valence-electron chi connectivity index (χ2n) is 4.52. The molecule has 0 aliphatic carbocycles. The molecule has 0 aromatic heterocycles. The molecule has 1 saturated heterocycles. The summed E-state index contributed by atoms with van der Waals surface area (Å²) < 4.78 is 0. The Bertz CT molecular complexity index is 179. The molecule has 1 rings (SSSR count). The van der Waals surface area contributed by atoms with Crippen LogP contribution in [0.5, 0.6) is 0 Å². The van der Waals surface area contributed by atoms with Crippen LogP contribution in [0.1, 0.15) is 46.0 Å². The summed E-state index contributed by atoms with van der Waals surface area (Å²) in [5, 5.41) is 3.28. The van der Waals surface area contributed by atoms with Gasteiger partial charge in [0.25, 0.3) is 0 Å². The van der Waals surface area contributed by atoms with Crippen LogP contribution in [0, 0.1) is 11.8 Å². The van der Waals surface area contributed by atoms with Crippen molar-refractivity contribution in [3.05, 3.63) is 0 Å². The van der Waals surface area contributed by atoms with Gasteiger partial charge in [0.1, 0.15) is 5.78 Å². The summed E-state index contributed by atoms with van der Waals surface area (Å²) >= 11 is 0. The maximum absolute atomic E-state index is 11.8. The zero-order valence-corrected chi connectivity index (χ0v) is 9.51. The maximum Gasteiger partial charge on any atom is 0.137 e. The first-order chi connectivity index (χ1) is 6.75. The van der Waals surface area contributed by atoms with E-state index in [0.717, 1.165) is 25.9 Å². The molecule has 14 heavy (non-hydrogen) atoms. The fourth-order valence-corrected chi connectivity index (χ4v) is 2.15. The number of hydrogen-bond acceptors (Lipinski definition) is 2. The van der Waals surface area contributed by atoms with Crippen LogP contribution in [-0.2, 0) is 4.79 Å². The van der Waals surface area contributed by atoms with Crippen molar-refractivity contribution in [3.8, 4) is 0 Å². The summed E-state index contributed by atoms with van der Waals surface area (Å²) in [5.74, 6) is 1.34. The average molecular weight is 197 g/mol. The molecule has 0 saturated carbocycles. The van der Waals surface area contributed by atoms with Crippen LogP contribution in [0.25, 0.3) is 0 Å². The molecule has 0 aromatic carbocycles. The highest BCUT2D eigenvalue weighted by Gasteiger charge is 2.28. The maximum atomic E-state index is 11.8. The summed E-state index contributed by atoms with van der Waals surface area (Å²) in [6, 6.07) is 0. The summed E-state index contributed by atoms with van der Waals surface area (Å²) in [6.45, 7) is 6.30. The highest BCUT2D eigenvalue weighted by Crippen LogP contribution is 2.19. The van der Waals surface area contributed by atoms with Crippen molar-refractivity contribution in [1.29, 1.82) is 0 Å². The molecule has 0 aromatic rings. The van der Waals surface area contributed by atoms with Crippen LogP contribution >= 0.6 is 0 Å². The van der Waals surface area contributed by atoms with E-state index in [1.54, 1.807) is 0 Å². The highest BCUT2D eigenvalue weighted by atomic mass is 16.1. The number of carbonyl (C=O) groups excluding carboxylic acids is 1. The minimum Gasteiger partial charge on any atom is -0.316 e. The lowest BCUT2D eigenvalue weighted by Crippen LogP contribution is -2.21. The number of Topliss-reactive ketones (excluding diaryl/α,β-unsaturated/α-hetero) is 1. The minimum atomic E-state index is 0.302. The molecule has 2 atom stereocenters. The molecule has 82 valence electrons. The van der Waals surface area contributed by atoms with Gasteiger partial charge >= 0.3 is 0 Å². The molecule has 1 aliphatic heterocycles. The molecular weight excluding hydrogens is 174 g/mol. The Morgan fingerprint density at radius 3 is 2.64 bits per heavy atom. The summed E-state index contributed by atoms with van der Waals surface area (Å²) in [5.41, 5.74) is 0. The van der Waals surface area contributed by atoms with E-state index in [-0.39, 0.29) is 0 Å². The monoisotopic (exact) mass is 197 g/mol. The fraction of sp³-hybridized carbons (Fsp3) is 0.917. The Hall–Kier alpha value is -0.370. The first-order valence-corrected chi connectivity index (χ1v) is 5.99. The van der Waals surface area contributed by atoms with Crippen LogP contribution in [0.15, 0.2) is 0 Å². The van der Waals surface area contributed by atoms with Gasteiger partial charge < -0.3 is 5.32 Å². The van der Waals surface area contributed by atoms with Crippen molar-refractivity contribution in [2.75, 3.05) is 13.1 Å². The lowest BCUT2D eigenvalue weighted by atomic mass is 9.91. The van der Waals surface area contributed by atoms with Gasteiger partial charge in [-0.15, -0.1) is 0 Å². The van der Waals surface area contributed by atoms with Crippen molar-refractivity contribution >= 4 is 5.78 Å². The van der Waals surface area contributed by atoms with Gasteiger partial charge in [-0.2, -0.15) is 0 Å². The van der Waals surface area contributed by atoms with Crippen LogP contribution in [0.4, 0.5) is 0 Å². The second kappa shape index (κ2) is 6.18. The Balaban J connectivity index is 2.14. The van der Waals surface area contributed by atoms with E-state index in [9.17, 15) is 4.79 Å². The molecule has 2 nitrogen and oxygen atoms in total. The van der Waals surface area contributed by atoms with Gasteiger partial charge in [-0.1, -0.05) is 33.1 Å². The fourth-order valence-electron chi connectivity index (χ4n) is 2.15. The van der Waals surface area contributed by atoms with Crippen molar-refractivity contribution in [2.24, 2.45) is 11.8 Å². The largest absolute Gasteiger partial charge is 0.316 e. The number of carbonyl (C=O) groups is 1. The average Bonchev–Trinajstić information content (AvgIpc) is 2.59.